The standard InChI is InChI=1S/C16H19F2N3O4/c1-9(15(23)24)8-20(2)16(25)19-12-6-7-21(14(12)22)13-10(17)4-3-5-11(13)18/h3-5,9,12H,6-8H2,1-2H3,(H,19,25)(H,23,24). The second-order valence-electron chi connectivity index (χ2n) is 5.97. The van der Waals surface area contributed by atoms with E-state index in [9.17, 15) is 23.2 Å². The highest BCUT2D eigenvalue weighted by atomic mass is 19.1. The number of halogens is 2. The van der Waals surface area contributed by atoms with E-state index in [1.54, 1.807) is 0 Å². The van der Waals surface area contributed by atoms with Gasteiger partial charge in [0, 0.05) is 20.1 Å². The molecule has 9 heteroatoms. The van der Waals surface area contributed by atoms with Crippen LogP contribution in [0.15, 0.2) is 18.2 Å². The van der Waals surface area contributed by atoms with Crippen molar-refractivity contribution >= 4 is 23.6 Å². The second kappa shape index (κ2) is 7.45. The van der Waals surface area contributed by atoms with Gasteiger partial charge in [-0.15, -0.1) is 0 Å². The molecule has 1 aliphatic rings. The van der Waals surface area contributed by atoms with Crippen LogP contribution in [0.3, 0.4) is 0 Å². The molecule has 3 amide bonds. The zero-order valence-corrected chi connectivity index (χ0v) is 13.8. The SMILES string of the molecule is CC(CN(C)C(=O)NC1CCN(c2c(F)cccc2F)C1=O)C(=O)O. The third-order valence-corrected chi connectivity index (χ3v) is 4.03. The number of benzene rings is 1. The van der Waals surface area contributed by atoms with Crippen LogP contribution >= 0.6 is 0 Å². The molecule has 0 spiro atoms. The summed E-state index contributed by atoms with van der Waals surface area (Å²) >= 11 is 0. The van der Waals surface area contributed by atoms with E-state index in [0.717, 1.165) is 21.9 Å². The number of carbonyl (C=O) groups is 3. The van der Waals surface area contributed by atoms with Gasteiger partial charge in [0.1, 0.15) is 23.4 Å². The van der Waals surface area contributed by atoms with Crippen LogP contribution in [-0.2, 0) is 9.59 Å². The van der Waals surface area contributed by atoms with Crippen molar-refractivity contribution in [1.29, 1.82) is 0 Å². The van der Waals surface area contributed by atoms with Crippen molar-refractivity contribution in [3.05, 3.63) is 29.8 Å². The molecule has 0 aromatic heterocycles. The van der Waals surface area contributed by atoms with Crippen LogP contribution in [-0.4, -0.2) is 54.1 Å². The molecular weight excluding hydrogens is 336 g/mol. The molecule has 1 aliphatic heterocycles. The number of amides is 3. The van der Waals surface area contributed by atoms with E-state index in [1.165, 1.54) is 20.0 Å². The van der Waals surface area contributed by atoms with Crippen molar-refractivity contribution < 1.29 is 28.3 Å². The van der Waals surface area contributed by atoms with Crippen LogP contribution in [0.2, 0.25) is 0 Å². The molecule has 25 heavy (non-hydrogen) atoms. The van der Waals surface area contributed by atoms with Gasteiger partial charge in [-0.1, -0.05) is 13.0 Å². The van der Waals surface area contributed by atoms with Crippen LogP contribution in [0.1, 0.15) is 13.3 Å². The van der Waals surface area contributed by atoms with E-state index in [-0.39, 0.29) is 19.5 Å². The average molecular weight is 355 g/mol. The molecule has 136 valence electrons. The molecule has 1 aromatic carbocycles. The molecule has 0 aliphatic carbocycles. The van der Waals surface area contributed by atoms with E-state index >= 15 is 0 Å². The summed E-state index contributed by atoms with van der Waals surface area (Å²) < 4.78 is 27.7. The molecule has 1 saturated heterocycles. The maximum Gasteiger partial charge on any atom is 0.317 e. The summed E-state index contributed by atoms with van der Waals surface area (Å²) in [6.07, 6.45) is 0.195. The van der Waals surface area contributed by atoms with Crippen molar-refractivity contribution in [1.82, 2.24) is 10.2 Å². The normalized spacial score (nSPS) is 18.2. The summed E-state index contributed by atoms with van der Waals surface area (Å²) in [4.78, 5) is 37.4. The Kier molecular flexibility index (Phi) is 5.55. The molecule has 7 nitrogen and oxygen atoms in total. The van der Waals surface area contributed by atoms with Crippen LogP contribution in [0.5, 0.6) is 0 Å². The highest BCUT2D eigenvalue weighted by Crippen LogP contribution is 2.27. The predicted octanol–water partition coefficient (Wildman–Crippen LogP) is 1.43. The number of para-hydroxylation sites is 1. The number of aliphatic carboxylic acids is 1. The van der Waals surface area contributed by atoms with Crippen LogP contribution in [0, 0.1) is 17.6 Å². The second-order valence-corrected chi connectivity index (χ2v) is 5.97. The number of carboxylic acid groups (broad SMARTS) is 1. The maximum absolute atomic E-state index is 13.8. The molecule has 2 atom stereocenters. The Labute approximate surface area is 143 Å². The van der Waals surface area contributed by atoms with Crippen LogP contribution < -0.4 is 10.2 Å². The molecular formula is C16H19F2N3O4. The van der Waals surface area contributed by atoms with Crippen LogP contribution in [0.4, 0.5) is 19.3 Å². The van der Waals surface area contributed by atoms with Gasteiger partial charge in [0.05, 0.1) is 5.92 Å². The van der Waals surface area contributed by atoms with Gasteiger partial charge in [-0.2, -0.15) is 0 Å². The molecule has 0 bridgehead atoms. The van der Waals surface area contributed by atoms with Crippen molar-refractivity contribution in [3.63, 3.8) is 0 Å². The summed E-state index contributed by atoms with van der Waals surface area (Å²) in [7, 11) is 1.41. The molecule has 1 heterocycles. The van der Waals surface area contributed by atoms with Crippen molar-refractivity contribution in [2.75, 3.05) is 25.0 Å². The first-order valence-electron chi connectivity index (χ1n) is 7.72. The Balaban J connectivity index is 2.02. The number of rotatable bonds is 5. The van der Waals surface area contributed by atoms with E-state index in [1.807, 2.05) is 0 Å². The predicted molar refractivity (Wildman–Crippen MR) is 85.1 cm³/mol. The lowest BCUT2D eigenvalue weighted by molar-refractivity contribution is -0.141. The molecule has 2 unspecified atom stereocenters. The van der Waals surface area contributed by atoms with E-state index in [0.29, 0.717) is 0 Å². The first kappa shape index (κ1) is 18.6. The number of anilines is 1. The van der Waals surface area contributed by atoms with E-state index in [2.05, 4.69) is 5.32 Å². The minimum absolute atomic E-state index is 0.0340. The lowest BCUT2D eigenvalue weighted by atomic mass is 10.2. The Morgan fingerprint density at radius 2 is 2.00 bits per heavy atom. The Hall–Kier alpha value is -2.71. The fourth-order valence-corrected chi connectivity index (χ4v) is 2.61. The number of hydrogen-bond acceptors (Lipinski definition) is 3. The zero-order chi connectivity index (χ0) is 18.7. The zero-order valence-electron chi connectivity index (χ0n) is 13.8. The third kappa shape index (κ3) is 4.04. The first-order valence-corrected chi connectivity index (χ1v) is 7.72. The summed E-state index contributed by atoms with van der Waals surface area (Å²) in [5, 5.41) is 11.3. The number of urea groups is 1. The number of nitrogens with zero attached hydrogens (tertiary/aromatic N) is 2. The summed E-state index contributed by atoms with van der Waals surface area (Å²) in [5.41, 5.74) is -0.433. The van der Waals surface area contributed by atoms with Gasteiger partial charge in [0.2, 0.25) is 5.91 Å². The minimum Gasteiger partial charge on any atom is -0.481 e. The Morgan fingerprint density at radius 3 is 2.56 bits per heavy atom. The van der Waals surface area contributed by atoms with Gasteiger partial charge in [-0.05, 0) is 18.6 Å². The Morgan fingerprint density at radius 1 is 1.40 bits per heavy atom. The van der Waals surface area contributed by atoms with Gasteiger partial charge in [0.25, 0.3) is 0 Å². The fraction of sp³-hybridized carbons (Fsp3) is 0.438. The molecule has 0 radical (unpaired) electrons. The van der Waals surface area contributed by atoms with Crippen molar-refractivity contribution in [2.24, 2.45) is 5.92 Å². The van der Waals surface area contributed by atoms with E-state index in [4.69, 9.17) is 5.11 Å². The number of carboxylic acids is 1. The molecule has 2 rings (SSSR count). The van der Waals surface area contributed by atoms with E-state index < -0.39 is 47.2 Å². The number of nitrogens with one attached hydrogen (secondary N) is 1. The molecule has 1 fully saturated rings. The lowest BCUT2D eigenvalue weighted by Gasteiger charge is -2.22. The number of carbonyl (C=O) groups excluding carboxylic acids is 2. The van der Waals surface area contributed by atoms with Gasteiger partial charge in [-0.25, -0.2) is 13.6 Å². The van der Waals surface area contributed by atoms with Crippen molar-refractivity contribution in [2.45, 2.75) is 19.4 Å². The summed E-state index contributed by atoms with van der Waals surface area (Å²) in [5.74, 6) is -4.13. The molecule has 0 saturated carbocycles. The smallest absolute Gasteiger partial charge is 0.317 e. The van der Waals surface area contributed by atoms with Gasteiger partial charge in [-0.3, -0.25) is 9.59 Å². The minimum atomic E-state index is -1.04. The highest BCUT2D eigenvalue weighted by Gasteiger charge is 2.36. The quantitative estimate of drug-likeness (QED) is 0.836. The van der Waals surface area contributed by atoms with Gasteiger partial charge >= 0.3 is 12.0 Å². The third-order valence-electron chi connectivity index (χ3n) is 4.03. The monoisotopic (exact) mass is 355 g/mol. The highest BCUT2D eigenvalue weighted by molar-refractivity contribution is 6.01. The molecule has 1 aromatic rings. The Bertz CT molecular complexity index is 678. The fourth-order valence-electron chi connectivity index (χ4n) is 2.61. The lowest BCUT2D eigenvalue weighted by Crippen LogP contribution is -2.48. The summed E-state index contributed by atoms with van der Waals surface area (Å²) in [6.45, 7) is 1.49. The largest absolute Gasteiger partial charge is 0.481 e. The van der Waals surface area contributed by atoms with Crippen molar-refractivity contribution in [3.8, 4) is 0 Å². The number of hydrogen-bond donors (Lipinski definition) is 2. The van der Waals surface area contributed by atoms with Gasteiger partial charge in [0.15, 0.2) is 0 Å². The molecule has 2 N–H and O–H groups in total. The average Bonchev–Trinajstić information content (AvgIpc) is 2.88. The topological polar surface area (TPSA) is 90.0 Å². The van der Waals surface area contributed by atoms with Gasteiger partial charge < -0.3 is 20.2 Å². The summed E-state index contributed by atoms with van der Waals surface area (Å²) in [6, 6.07) is 1.76. The maximum atomic E-state index is 13.8. The first-order chi connectivity index (χ1) is 11.7. The van der Waals surface area contributed by atoms with Crippen LogP contribution in [0.25, 0.3) is 0 Å².